The van der Waals surface area contributed by atoms with E-state index < -0.39 is 5.60 Å². The van der Waals surface area contributed by atoms with Crippen molar-refractivity contribution in [3.05, 3.63) is 33.4 Å². The van der Waals surface area contributed by atoms with Crippen LogP contribution in [-0.4, -0.2) is 46.3 Å². The fraction of sp³-hybridized carbons (Fsp3) is 0.650. The number of amides is 1. The number of benzene rings is 1. The lowest BCUT2D eigenvalue weighted by molar-refractivity contribution is -0.384. The van der Waals surface area contributed by atoms with Crippen LogP contribution in [0.2, 0.25) is 0 Å². The number of ether oxygens (including phenoxy) is 1. The van der Waals surface area contributed by atoms with Crippen LogP contribution in [0.15, 0.2) is 12.1 Å². The molecule has 2 rings (SSSR count). The topological polar surface area (TPSA) is 105 Å². The zero-order valence-electron chi connectivity index (χ0n) is 17.2. The molecule has 1 aromatic rings. The van der Waals surface area contributed by atoms with E-state index >= 15 is 0 Å². The predicted octanol–water partition coefficient (Wildman–Crippen LogP) is 3.71. The molecule has 1 aliphatic heterocycles. The maximum atomic E-state index is 12.4. The summed E-state index contributed by atoms with van der Waals surface area (Å²) < 4.78 is 5.44. The van der Waals surface area contributed by atoms with Gasteiger partial charge in [0.2, 0.25) is 0 Å². The number of hydrogen-bond acceptors (Lipinski definition) is 6. The Bertz CT molecular complexity index is 715. The minimum Gasteiger partial charge on any atom is -0.444 e. The number of rotatable bonds is 7. The lowest BCUT2D eigenvalue weighted by Gasteiger charge is -2.32. The van der Waals surface area contributed by atoms with E-state index in [1.54, 1.807) is 11.0 Å². The summed E-state index contributed by atoms with van der Waals surface area (Å²) >= 11 is 0. The quantitative estimate of drug-likeness (QED) is 0.540. The molecule has 0 bridgehead atoms. The molecule has 0 aliphatic carbocycles. The lowest BCUT2D eigenvalue weighted by Crippen LogP contribution is -2.40. The van der Waals surface area contributed by atoms with Gasteiger partial charge in [-0.15, -0.1) is 0 Å². The average molecular weight is 393 g/mol. The number of aliphatic hydroxyl groups is 1. The van der Waals surface area contributed by atoms with E-state index in [-0.39, 0.29) is 29.2 Å². The molecule has 1 amide bonds. The number of carbonyl (C=O) groups is 1. The Morgan fingerprint density at radius 1 is 1.43 bits per heavy atom. The second-order valence-electron chi connectivity index (χ2n) is 8.36. The Morgan fingerprint density at radius 3 is 2.75 bits per heavy atom. The normalized spacial score (nSPS) is 15.0. The fourth-order valence-corrected chi connectivity index (χ4v) is 3.29. The van der Waals surface area contributed by atoms with Crippen molar-refractivity contribution in [2.24, 2.45) is 5.92 Å². The van der Waals surface area contributed by atoms with Gasteiger partial charge in [0.05, 0.1) is 4.92 Å². The second kappa shape index (κ2) is 9.23. The highest BCUT2D eigenvalue weighted by molar-refractivity contribution is 5.72. The number of carbonyl (C=O) groups excluding carboxylic acids is 1. The van der Waals surface area contributed by atoms with E-state index in [9.17, 15) is 14.9 Å². The van der Waals surface area contributed by atoms with Gasteiger partial charge in [0, 0.05) is 32.3 Å². The molecule has 1 heterocycles. The SMILES string of the molecule is C[C@H](CCCO)CNc1c([N+](=O)[O-])ccc2c1CCN(C(=O)OC(C)(C)C)C2. The molecule has 0 fully saturated rings. The largest absolute Gasteiger partial charge is 0.444 e. The van der Waals surface area contributed by atoms with Crippen molar-refractivity contribution in [3.63, 3.8) is 0 Å². The number of hydrogen-bond donors (Lipinski definition) is 2. The zero-order valence-corrected chi connectivity index (χ0v) is 17.2. The van der Waals surface area contributed by atoms with Crippen LogP contribution in [0.5, 0.6) is 0 Å². The molecule has 1 aromatic carbocycles. The van der Waals surface area contributed by atoms with Crippen molar-refractivity contribution in [1.29, 1.82) is 0 Å². The first kappa shape index (κ1) is 21.9. The Balaban J connectivity index is 2.19. The molecule has 28 heavy (non-hydrogen) atoms. The number of nitrogens with zero attached hydrogens (tertiary/aromatic N) is 2. The van der Waals surface area contributed by atoms with Crippen molar-refractivity contribution in [3.8, 4) is 0 Å². The number of anilines is 1. The van der Waals surface area contributed by atoms with Gasteiger partial charge in [-0.3, -0.25) is 10.1 Å². The first-order valence-corrected chi connectivity index (χ1v) is 9.74. The van der Waals surface area contributed by atoms with Gasteiger partial charge in [-0.1, -0.05) is 6.92 Å². The molecule has 0 unspecified atom stereocenters. The van der Waals surface area contributed by atoms with Crippen molar-refractivity contribution in [2.75, 3.05) is 25.0 Å². The van der Waals surface area contributed by atoms with Gasteiger partial charge < -0.3 is 20.1 Å². The van der Waals surface area contributed by atoms with Crippen LogP contribution in [0.25, 0.3) is 0 Å². The molecule has 1 aliphatic rings. The third-order valence-electron chi connectivity index (χ3n) is 4.71. The summed E-state index contributed by atoms with van der Waals surface area (Å²) in [4.78, 5) is 25.1. The highest BCUT2D eigenvalue weighted by atomic mass is 16.6. The fourth-order valence-electron chi connectivity index (χ4n) is 3.29. The van der Waals surface area contributed by atoms with Crippen LogP contribution in [0.3, 0.4) is 0 Å². The Kier molecular flexibility index (Phi) is 7.23. The minimum absolute atomic E-state index is 0.0545. The van der Waals surface area contributed by atoms with E-state index in [0.717, 1.165) is 17.5 Å². The molecule has 1 atom stereocenters. The van der Waals surface area contributed by atoms with Crippen molar-refractivity contribution in [1.82, 2.24) is 4.90 Å². The Labute approximate surface area is 166 Å². The van der Waals surface area contributed by atoms with Gasteiger partial charge in [-0.05, 0) is 63.1 Å². The molecular formula is C20H31N3O5. The van der Waals surface area contributed by atoms with E-state index in [1.807, 2.05) is 27.7 Å². The third kappa shape index (κ3) is 5.82. The molecule has 8 heteroatoms. The molecule has 0 radical (unpaired) electrons. The summed E-state index contributed by atoms with van der Waals surface area (Å²) in [5, 5.41) is 23.7. The van der Waals surface area contributed by atoms with E-state index in [0.29, 0.717) is 38.2 Å². The van der Waals surface area contributed by atoms with E-state index in [4.69, 9.17) is 9.84 Å². The van der Waals surface area contributed by atoms with Gasteiger partial charge in [0.1, 0.15) is 11.3 Å². The molecule has 0 aromatic heterocycles. The molecular weight excluding hydrogens is 362 g/mol. The molecule has 0 spiro atoms. The number of fused-ring (bicyclic) bond motifs is 1. The molecule has 8 nitrogen and oxygen atoms in total. The number of aliphatic hydroxyl groups excluding tert-OH is 1. The van der Waals surface area contributed by atoms with Gasteiger partial charge >= 0.3 is 6.09 Å². The van der Waals surface area contributed by atoms with Crippen LogP contribution >= 0.6 is 0 Å². The minimum atomic E-state index is -0.565. The lowest BCUT2D eigenvalue weighted by atomic mass is 9.96. The molecule has 0 saturated heterocycles. The van der Waals surface area contributed by atoms with Crippen molar-refractivity contribution < 1.29 is 19.6 Å². The van der Waals surface area contributed by atoms with Crippen LogP contribution in [0.1, 0.15) is 51.7 Å². The Hall–Kier alpha value is -2.35. The number of nitro groups is 1. The van der Waals surface area contributed by atoms with Crippen LogP contribution in [0.4, 0.5) is 16.2 Å². The smallest absolute Gasteiger partial charge is 0.410 e. The summed E-state index contributed by atoms with van der Waals surface area (Å²) in [6.07, 6.45) is 1.72. The van der Waals surface area contributed by atoms with Crippen LogP contribution in [-0.2, 0) is 17.7 Å². The second-order valence-corrected chi connectivity index (χ2v) is 8.36. The van der Waals surface area contributed by atoms with E-state index in [2.05, 4.69) is 5.32 Å². The Morgan fingerprint density at radius 2 is 2.14 bits per heavy atom. The van der Waals surface area contributed by atoms with Crippen molar-refractivity contribution in [2.45, 2.75) is 59.1 Å². The van der Waals surface area contributed by atoms with Gasteiger partial charge in [0.15, 0.2) is 0 Å². The maximum absolute atomic E-state index is 12.4. The van der Waals surface area contributed by atoms with E-state index in [1.165, 1.54) is 6.07 Å². The van der Waals surface area contributed by atoms with Gasteiger partial charge in [-0.25, -0.2) is 4.79 Å². The summed E-state index contributed by atoms with van der Waals surface area (Å²) in [6, 6.07) is 3.22. The standard InChI is InChI=1S/C20H31N3O5/c1-14(6-5-11-24)12-21-18-16-9-10-22(19(25)28-20(2,3)4)13-15(16)7-8-17(18)23(26)27/h7-8,14,21,24H,5-6,9-13H2,1-4H3/t14-/m1/s1. The molecule has 0 saturated carbocycles. The number of nitrogens with one attached hydrogen (secondary N) is 1. The summed E-state index contributed by atoms with van der Waals surface area (Å²) in [6.45, 7) is 9.09. The predicted molar refractivity (Wildman–Crippen MR) is 107 cm³/mol. The first-order chi connectivity index (χ1) is 13.1. The monoisotopic (exact) mass is 393 g/mol. The summed E-state index contributed by atoms with van der Waals surface area (Å²) in [7, 11) is 0. The van der Waals surface area contributed by atoms with Gasteiger partial charge in [0.25, 0.3) is 5.69 Å². The highest BCUT2D eigenvalue weighted by Crippen LogP contribution is 2.35. The maximum Gasteiger partial charge on any atom is 0.410 e. The third-order valence-corrected chi connectivity index (χ3v) is 4.71. The zero-order chi connectivity index (χ0) is 20.9. The number of nitro benzene ring substituents is 1. The van der Waals surface area contributed by atoms with Crippen LogP contribution < -0.4 is 5.32 Å². The average Bonchev–Trinajstić information content (AvgIpc) is 2.62. The highest BCUT2D eigenvalue weighted by Gasteiger charge is 2.29. The summed E-state index contributed by atoms with van der Waals surface area (Å²) in [5.74, 6) is 0.282. The van der Waals surface area contributed by atoms with Gasteiger partial charge in [-0.2, -0.15) is 0 Å². The van der Waals surface area contributed by atoms with Crippen molar-refractivity contribution >= 4 is 17.5 Å². The summed E-state index contributed by atoms with van der Waals surface area (Å²) in [5.41, 5.74) is 1.82. The molecule has 156 valence electrons. The first-order valence-electron chi connectivity index (χ1n) is 9.74. The van der Waals surface area contributed by atoms with Crippen LogP contribution in [0, 0.1) is 16.0 Å². The molecule has 2 N–H and O–H groups in total.